The molecule has 0 bridgehead atoms. The first-order chi connectivity index (χ1) is 10.3. The van der Waals surface area contributed by atoms with Crippen molar-refractivity contribution in [2.75, 3.05) is 11.9 Å². The lowest BCUT2D eigenvalue weighted by Crippen LogP contribution is -1.95. The average molecular weight is 275 g/mol. The Balaban J connectivity index is 1.72. The molecule has 0 saturated carbocycles. The van der Waals surface area contributed by atoms with Crippen LogP contribution in [-0.2, 0) is 6.42 Å². The number of benzene rings is 2. The number of aromatic nitrogens is 2. The molecule has 0 aliphatic heterocycles. The van der Waals surface area contributed by atoms with Gasteiger partial charge in [0, 0.05) is 12.6 Å². The normalized spacial score (nSPS) is 12.0. The van der Waals surface area contributed by atoms with E-state index in [4.69, 9.17) is 0 Å². The van der Waals surface area contributed by atoms with Crippen molar-refractivity contribution in [3.63, 3.8) is 0 Å². The highest BCUT2D eigenvalue weighted by molar-refractivity contribution is 5.79. The van der Waals surface area contributed by atoms with Crippen molar-refractivity contribution in [3.8, 4) is 22.4 Å². The van der Waals surface area contributed by atoms with Crippen LogP contribution in [-0.4, -0.2) is 16.7 Å². The highest BCUT2D eigenvalue weighted by atomic mass is 15.2. The Morgan fingerprint density at radius 1 is 1.05 bits per heavy atom. The number of hydrogen-bond donors (Lipinski definition) is 2. The molecule has 0 fully saturated rings. The van der Waals surface area contributed by atoms with Gasteiger partial charge >= 0.3 is 0 Å². The lowest BCUT2D eigenvalue weighted by molar-refractivity contribution is 1.07. The monoisotopic (exact) mass is 275 g/mol. The number of fused-ring (bicyclic) bond motifs is 3. The Bertz CT molecular complexity index is 802. The fraction of sp³-hybridized carbons (Fsp3) is 0.167. The predicted molar refractivity (Wildman–Crippen MR) is 86.4 cm³/mol. The number of nitrogens with zero attached hydrogens (tertiary/aromatic N) is 1. The van der Waals surface area contributed by atoms with Crippen LogP contribution in [0.2, 0.25) is 0 Å². The Hall–Kier alpha value is -2.55. The number of aromatic amines is 1. The summed E-state index contributed by atoms with van der Waals surface area (Å²) in [5.74, 6) is 0.899. The van der Waals surface area contributed by atoms with E-state index in [0.717, 1.165) is 24.5 Å². The third-order valence-corrected chi connectivity index (χ3v) is 4.04. The second kappa shape index (κ2) is 4.77. The zero-order chi connectivity index (χ0) is 14.2. The van der Waals surface area contributed by atoms with Gasteiger partial charge in [-0.1, -0.05) is 36.4 Å². The lowest BCUT2D eigenvalue weighted by Gasteiger charge is -2.03. The van der Waals surface area contributed by atoms with Crippen LogP contribution in [0.1, 0.15) is 18.1 Å². The summed E-state index contributed by atoms with van der Waals surface area (Å²) in [5.41, 5.74) is 7.80. The Labute approximate surface area is 124 Å². The Kier molecular flexibility index (Phi) is 2.78. The second-order valence-corrected chi connectivity index (χ2v) is 5.40. The van der Waals surface area contributed by atoms with Crippen molar-refractivity contribution in [2.24, 2.45) is 0 Å². The molecule has 3 aromatic rings. The summed E-state index contributed by atoms with van der Waals surface area (Å²) in [4.78, 5) is 0. The summed E-state index contributed by atoms with van der Waals surface area (Å²) >= 11 is 0. The molecule has 4 rings (SSSR count). The minimum atomic E-state index is 0.879. The SMILES string of the molecule is CCNc1cc(-c2ccc3c(c2)Cc2ccccc2-3)[nH]n1. The topological polar surface area (TPSA) is 40.7 Å². The third kappa shape index (κ3) is 2.02. The number of anilines is 1. The van der Waals surface area contributed by atoms with Crippen LogP contribution in [0.5, 0.6) is 0 Å². The number of H-pyrrole nitrogens is 1. The summed E-state index contributed by atoms with van der Waals surface area (Å²) in [6.07, 6.45) is 1.02. The van der Waals surface area contributed by atoms with E-state index in [1.165, 1.54) is 27.8 Å². The molecule has 0 unspecified atom stereocenters. The molecule has 104 valence electrons. The molecule has 2 aromatic carbocycles. The molecule has 1 aliphatic carbocycles. The summed E-state index contributed by atoms with van der Waals surface area (Å²) in [5, 5.41) is 10.6. The van der Waals surface area contributed by atoms with Gasteiger partial charge < -0.3 is 5.32 Å². The van der Waals surface area contributed by atoms with Crippen molar-refractivity contribution in [1.82, 2.24) is 10.2 Å². The molecule has 1 aliphatic rings. The molecule has 21 heavy (non-hydrogen) atoms. The fourth-order valence-electron chi connectivity index (χ4n) is 3.05. The minimum Gasteiger partial charge on any atom is -0.369 e. The Morgan fingerprint density at radius 3 is 2.81 bits per heavy atom. The van der Waals surface area contributed by atoms with Crippen LogP contribution in [0.3, 0.4) is 0 Å². The van der Waals surface area contributed by atoms with E-state index in [2.05, 4.69) is 71.0 Å². The van der Waals surface area contributed by atoms with Gasteiger partial charge in [-0.15, -0.1) is 0 Å². The van der Waals surface area contributed by atoms with E-state index in [1.54, 1.807) is 0 Å². The van der Waals surface area contributed by atoms with E-state index >= 15 is 0 Å². The van der Waals surface area contributed by atoms with E-state index in [-0.39, 0.29) is 0 Å². The first kappa shape index (κ1) is 12.2. The zero-order valence-corrected chi connectivity index (χ0v) is 12.0. The fourth-order valence-corrected chi connectivity index (χ4v) is 3.05. The molecule has 0 spiro atoms. The molecule has 0 radical (unpaired) electrons. The van der Waals surface area contributed by atoms with Crippen molar-refractivity contribution in [2.45, 2.75) is 13.3 Å². The summed E-state index contributed by atoms with van der Waals surface area (Å²) in [7, 11) is 0. The van der Waals surface area contributed by atoms with Crippen LogP contribution in [0.15, 0.2) is 48.5 Å². The van der Waals surface area contributed by atoms with Gasteiger partial charge in [0.25, 0.3) is 0 Å². The van der Waals surface area contributed by atoms with E-state index in [0.29, 0.717) is 0 Å². The standard InChI is InChI=1S/C18H17N3/c1-2-19-18-11-17(20-21-18)13-7-8-16-14(10-13)9-12-5-3-4-6-15(12)16/h3-8,10-11H,2,9H2,1H3,(H2,19,20,21). The van der Waals surface area contributed by atoms with Crippen molar-refractivity contribution < 1.29 is 0 Å². The minimum absolute atomic E-state index is 0.879. The van der Waals surface area contributed by atoms with Crippen molar-refractivity contribution in [3.05, 3.63) is 59.7 Å². The largest absolute Gasteiger partial charge is 0.369 e. The maximum atomic E-state index is 4.28. The van der Waals surface area contributed by atoms with Gasteiger partial charge in [-0.3, -0.25) is 5.10 Å². The maximum Gasteiger partial charge on any atom is 0.148 e. The van der Waals surface area contributed by atoms with Crippen molar-refractivity contribution in [1.29, 1.82) is 0 Å². The van der Waals surface area contributed by atoms with Crippen LogP contribution in [0.25, 0.3) is 22.4 Å². The third-order valence-electron chi connectivity index (χ3n) is 4.04. The van der Waals surface area contributed by atoms with E-state index < -0.39 is 0 Å². The molecular formula is C18H17N3. The van der Waals surface area contributed by atoms with Gasteiger partial charge in [0.2, 0.25) is 0 Å². The first-order valence-electron chi connectivity index (χ1n) is 7.36. The van der Waals surface area contributed by atoms with Gasteiger partial charge in [-0.2, -0.15) is 5.10 Å². The molecule has 1 heterocycles. The molecule has 1 aromatic heterocycles. The number of rotatable bonds is 3. The average Bonchev–Trinajstić information content (AvgIpc) is 3.11. The van der Waals surface area contributed by atoms with Crippen molar-refractivity contribution >= 4 is 5.82 Å². The summed E-state index contributed by atoms with van der Waals surface area (Å²) in [6.45, 7) is 2.95. The quantitative estimate of drug-likeness (QED) is 0.591. The van der Waals surface area contributed by atoms with Gasteiger partial charge in [0.1, 0.15) is 5.82 Å². The molecule has 2 N–H and O–H groups in total. The molecule has 0 amide bonds. The van der Waals surface area contributed by atoms with E-state index in [9.17, 15) is 0 Å². The predicted octanol–water partition coefficient (Wildman–Crippen LogP) is 4.08. The van der Waals surface area contributed by atoms with Crippen LogP contribution < -0.4 is 5.32 Å². The highest BCUT2D eigenvalue weighted by Crippen LogP contribution is 2.38. The van der Waals surface area contributed by atoms with E-state index in [1.807, 2.05) is 0 Å². The molecule has 0 saturated heterocycles. The van der Waals surface area contributed by atoms with Crippen LogP contribution in [0, 0.1) is 0 Å². The van der Waals surface area contributed by atoms with Gasteiger partial charge in [-0.05, 0) is 47.2 Å². The highest BCUT2D eigenvalue weighted by Gasteiger charge is 2.18. The maximum absolute atomic E-state index is 4.28. The number of nitrogens with one attached hydrogen (secondary N) is 2. The molecular weight excluding hydrogens is 258 g/mol. The van der Waals surface area contributed by atoms with Crippen LogP contribution >= 0.6 is 0 Å². The number of hydrogen-bond acceptors (Lipinski definition) is 2. The van der Waals surface area contributed by atoms with Gasteiger partial charge in [0.15, 0.2) is 0 Å². The summed E-state index contributed by atoms with van der Waals surface area (Å²) in [6, 6.07) is 17.4. The molecule has 3 nitrogen and oxygen atoms in total. The van der Waals surface area contributed by atoms with Gasteiger partial charge in [-0.25, -0.2) is 0 Å². The first-order valence-corrected chi connectivity index (χ1v) is 7.36. The van der Waals surface area contributed by atoms with Crippen LogP contribution in [0.4, 0.5) is 5.82 Å². The Morgan fingerprint density at radius 2 is 1.90 bits per heavy atom. The summed E-state index contributed by atoms with van der Waals surface area (Å²) < 4.78 is 0. The van der Waals surface area contributed by atoms with Gasteiger partial charge in [0.05, 0.1) is 5.69 Å². The zero-order valence-electron chi connectivity index (χ0n) is 12.0. The second-order valence-electron chi connectivity index (χ2n) is 5.40. The molecule has 3 heteroatoms. The smallest absolute Gasteiger partial charge is 0.148 e. The molecule has 0 atom stereocenters. The lowest BCUT2D eigenvalue weighted by atomic mass is 10.0.